The summed E-state index contributed by atoms with van der Waals surface area (Å²) in [6.45, 7) is 6.38. The number of halogens is 2. The second-order valence-corrected chi connectivity index (χ2v) is 8.21. The number of aliphatic carboxylic acids is 1. The summed E-state index contributed by atoms with van der Waals surface area (Å²) in [6.07, 6.45) is 0.0454. The molecule has 1 aromatic carbocycles. The number of ether oxygens (including phenoxy) is 1. The van der Waals surface area contributed by atoms with E-state index < -0.39 is 23.6 Å². The van der Waals surface area contributed by atoms with Crippen LogP contribution in [0.4, 0.5) is 4.79 Å². The number of hydrogen-bond donors (Lipinski definition) is 2. The maximum atomic E-state index is 12.2. The smallest absolute Gasteiger partial charge is 0.410 e. The van der Waals surface area contributed by atoms with Crippen molar-refractivity contribution in [3.05, 3.63) is 33.8 Å². The summed E-state index contributed by atoms with van der Waals surface area (Å²) in [4.78, 5) is 25.3. The number of carboxylic acid groups (broad SMARTS) is 1. The fraction of sp³-hybridized carbons (Fsp3) is 0.556. The van der Waals surface area contributed by atoms with Gasteiger partial charge in [0.2, 0.25) is 0 Å². The minimum Gasteiger partial charge on any atom is -0.481 e. The zero-order valence-electron chi connectivity index (χ0n) is 15.1. The second kappa shape index (κ2) is 8.46. The van der Waals surface area contributed by atoms with Crippen LogP contribution >= 0.6 is 23.2 Å². The predicted molar refractivity (Wildman–Crippen MR) is 101 cm³/mol. The van der Waals surface area contributed by atoms with Gasteiger partial charge in [-0.2, -0.15) is 0 Å². The number of carbonyl (C=O) groups excluding carboxylic acids is 1. The SMILES string of the molecule is CC(C)(C)OC(=O)N1CC[C@H](NCc2ccc(Cl)c(Cl)c2)[C@@H](C(=O)O)C1. The average Bonchev–Trinajstić information content (AvgIpc) is 2.54. The lowest BCUT2D eigenvalue weighted by atomic mass is 9.92. The molecule has 2 atom stereocenters. The van der Waals surface area contributed by atoms with Crippen LogP contribution in [0.3, 0.4) is 0 Å². The first-order chi connectivity index (χ1) is 12.1. The molecule has 0 aromatic heterocycles. The molecular formula is C18H24Cl2N2O4. The summed E-state index contributed by atoms with van der Waals surface area (Å²) in [7, 11) is 0. The molecule has 2 rings (SSSR count). The van der Waals surface area contributed by atoms with Crippen LogP contribution in [-0.4, -0.2) is 46.8 Å². The van der Waals surface area contributed by atoms with Crippen molar-refractivity contribution in [2.45, 2.75) is 45.4 Å². The summed E-state index contributed by atoms with van der Waals surface area (Å²) >= 11 is 11.9. The number of benzene rings is 1. The molecule has 8 heteroatoms. The van der Waals surface area contributed by atoms with Gasteiger partial charge in [-0.3, -0.25) is 4.79 Å². The number of carbonyl (C=O) groups is 2. The van der Waals surface area contributed by atoms with Gasteiger partial charge in [-0.1, -0.05) is 29.3 Å². The minimum absolute atomic E-state index is 0.114. The van der Waals surface area contributed by atoms with Gasteiger partial charge in [0.1, 0.15) is 5.60 Å². The van der Waals surface area contributed by atoms with Crippen LogP contribution in [0.2, 0.25) is 10.0 Å². The zero-order chi connectivity index (χ0) is 19.5. The van der Waals surface area contributed by atoms with Crippen LogP contribution in [0.1, 0.15) is 32.8 Å². The molecule has 1 aliphatic heterocycles. The Morgan fingerprint density at radius 2 is 2.00 bits per heavy atom. The number of rotatable bonds is 4. The summed E-state index contributed by atoms with van der Waals surface area (Å²) in [5.74, 6) is -1.65. The molecule has 0 spiro atoms. The molecule has 2 N–H and O–H groups in total. The van der Waals surface area contributed by atoms with Gasteiger partial charge in [-0.05, 0) is 44.9 Å². The van der Waals surface area contributed by atoms with Crippen molar-refractivity contribution in [3.8, 4) is 0 Å². The molecule has 0 radical (unpaired) electrons. The number of amides is 1. The summed E-state index contributed by atoms with van der Waals surface area (Å²) in [5, 5.41) is 13.8. The highest BCUT2D eigenvalue weighted by molar-refractivity contribution is 6.42. The predicted octanol–water partition coefficient (Wildman–Crippen LogP) is 3.79. The number of piperidine rings is 1. The molecular weight excluding hydrogens is 379 g/mol. The molecule has 6 nitrogen and oxygen atoms in total. The van der Waals surface area contributed by atoms with Crippen molar-refractivity contribution < 1.29 is 19.4 Å². The van der Waals surface area contributed by atoms with E-state index in [4.69, 9.17) is 27.9 Å². The monoisotopic (exact) mass is 402 g/mol. The van der Waals surface area contributed by atoms with Crippen LogP contribution < -0.4 is 5.32 Å². The Bertz CT molecular complexity index is 676. The van der Waals surface area contributed by atoms with Gasteiger partial charge in [-0.25, -0.2) is 4.79 Å². The number of likely N-dealkylation sites (tertiary alicyclic amines) is 1. The molecule has 1 amide bonds. The lowest BCUT2D eigenvalue weighted by Gasteiger charge is -2.37. The van der Waals surface area contributed by atoms with Crippen molar-refractivity contribution in [2.75, 3.05) is 13.1 Å². The highest BCUT2D eigenvalue weighted by Gasteiger charge is 2.37. The summed E-state index contributed by atoms with van der Waals surface area (Å²) in [5.41, 5.74) is 0.303. The topological polar surface area (TPSA) is 78.9 Å². The lowest BCUT2D eigenvalue weighted by Crippen LogP contribution is -2.54. The second-order valence-electron chi connectivity index (χ2n) is 7.40. The standard InChI is InChI=1S/C18H24Cl2N2O4/c1-18(2,3)26-17(25)22-7-6-15(12(10-22)16(23)24)21-9-11-4-5-13(19)14(20)8-11/h4-5,8,12,15,21H,6-7,9-10H2,1-3H3,(H,23,24)/t12-,15-/m0/s1. The molecule has 0 aliphatic carbocycles. The molecule has 1 aliphatic rings. The lowest BCUT2D eigenvalue weighted by molar-refractivity contribution is -0.144. The van der Waals surface area contributed by atoms with E-state index in [1.807, 2.05) is 6.07 Å². The quantitative estimate of drug-likeness (QED) is 0.800. The van der Waals surface area contributed by atoms with E-state index in [0.717, 1.165) is 5.56 Å². The maximum absolute atomic E-state index is 12.2. The Hall–Kier alpha value is -1.50. The Kier molecular flexibility index (Phi) is 6.77. The van der Waals surface area contributed by atoms with E-state index in [2.05, 4.69) is 5.32 Å². The molecule has 1 saturated heterocycles. The van der Waals surface area contributed by atoms with Crippen LogP contribution in [0, 0.1) is 5.92 Å². The van der Waals surface area contributed by atoms with Gasteiger partial charge < -0.3 is 20.1 Å². The molecule has 26 heavy (non-hydrogen) atoms. The van der Waals surface area contributed by atoms with Crippen molar-refractivity contribution in [1.29, 1.82) is 0 Å². The first-order valence-corrected chi connectivity index (χ1v) is 9.20. The van der Waals surface area contributed by atoms with Crippen molar-refractivity contribution in [3.63, 3.8) is 0 Å². The molecule has 0 unspecified atom stereocenters. The van der Waals surface area contributed by atoms with Crippen LogP contribution in [0.25, 0.3) is 0 Å². The van der Waals surface area contributed by atoms with Crippen molar-refractivity contribution in [1.82, 2.24) is 10.2 Å². The van der Waals surface area contributed by atoms with E-state index in [9.17, 15) is 14.7 Å². The van der Waals surface area contributed by atoms with E-state index >= 15 is 0 Å². The van der Waals surface area contributed by atoms with Gasteiger partial charge in [0.15, 0.2) is 0 Å². The fourth-order valence-electron chi connectivity index (χ4n) is 2.84. The van der Waals surface area contributed by atoms with E-state index in [1.54, 1.807) is 32.9 Å². The van der Waals surface area contributed by atoms with Gasteiger partial charge in [-0.15, -0.1) is 0 Å². The molecule has 1 heterocycles. The average molecular weight is 403 g/mol. The fourth-order valence-corrected chi connectivity index (χ4v) is 3.16. The summed E-state index contributed by atoms with van der Waals surface area (Å²) in [6, 6.07) is 5.05. The number of nitrogens with zero attached hydrogens (tertiary/aromatic N) is 1. The van der Waals surface area contributed by atoms with Gasteiger partial charge >= 0.3 is 12.1 Å². The molecule has 0 saturated carbocycles. The third-order valence-electron chi connectivity index (χ3n) is 4.13. The molecule has 1 fully saturated rings. The van der Waals surface area contributed by atoms with Crippen LogP contribution in [0.15, 0.2) is 18.2 Å². The highest BCUT2D eigenvalue weighted by Crippen LogP contribution is 2.24. The van der Waals surface area contributed by atoms with Crippen LogP contribution in [0.5, 0.6) is 0 Å². The van der Waals surface area contributed by atoms with Crippen LogP contribution in [-0.2, 0) is 16.1 Å². The maximum Gasteiger partial charge on any atom is 0.410 e. The van der Waals surface area contributed by atoms with Gasteiger partial charge in [0.05, 0.1) is 16.0 Å². The normalized spacial score (nSPS) is 20.7. The largest absolute Gasteiger partial charge is 0.481 e. The number of nitrogens with one attached hydrogen (secondary N) is 1. The Morgan fingerprint density at radius 1 is 1.31 bits per heavy atom. The number of carboxylic acids is 1. The van der Waals surface area contributed by atoms with E-state index in [-0.39, 0.29) is 12.6 Å². The zero-order valence-corrected chi connectivity index (χ0v) is 16.6. The Labute approximate surface area is 163 Å². The first kappa shape index (κ1) is 20.8. The van der Waals surface area contributed by atoms with Gasteiger partial charge in [0, 0.05) is 25.7 Å². The van der Waals surface area contributed by atoms with Crippen molar-refractivity contribution in [2.24, 2.45) is 5.92 Å². The third kappa shape index (κ3) is 5.76. The minimum atomic E-state index is -0.940. The Balaban J connectivity index is 1.98. The molecule has 144 valence electrons. The third-order valence-corrected chi connectivity index (χ3v) is 4.87. The molecule has 1 aromatic rings. The highest BCUT2D eigenvalue weighted by atomic mass is 35.5. The molecule has 0 bridgehead atoms. The first-order valence-electron chi connectivity index (χ1n) is 8.45. The van der Waals surface area contributed by atoms with E-state index in [1.165, 1.54) is 4.90 Å². The summed E-state index contributed by atoms with van der Waals surface area (Å²) < 4.78 is 5.34. The van der Waals surface area contributed by atoms with E-state index in [0.29, 0.717) is 29.6 Å². The number of hydrogen-bond acceptors (Lipinski definition) is 4. The van der Waals surface area contributed by atoms with Gasteiger partial charge in [0.25, 0.3) is 0 Å². The Morgan fingerprint density at radius 3 is 2.58 bits per heavy atom. The van der Waals surface area contributed by atoms with Crippen molar-refractivity contribution >= 4 is 35.3 Å².